The van der Waals surface area contributed by atoms with E-state index in [-0.39, 0.29) is 5.41 Å². The normalized spacial score (nSPS) is 12.0. The molecule has 0 spiro atoms. The van der Waals surface area contributed by atoms with Crippen LogP contribution in [0.3, 0.4) is 0 Å². The highest BCUT2D eigenvalue weighted by molar-refractivity contribution is 9.10. The number of nitrogens with zero attached hydrogens (tertiary/aromatic N) is 2. The maximum absolute atomic E-state index is 11.6. The van der Waals surface area contributed by atoms with E-state index in [1.165, 1.54) is 0 Å². The van der Waals surface area contributed by atoms with Crippen LogP contribution in [0.1, 0.15) is 37.0 Å². The second-order valence-electron chi connectivity index (χ2n) is 5.96. The smallest absolute Gasteiger partial charge is 0.195 e. The molecule has 0 atom stereocenters. The summed E-state index contributed by atoms with van der Waals surface area (Å²) in [5.41, 5.74) is 3.43. The minimum Gasteiger partial charge on any atom is -0.296 e. The van der Waals surface area contributed by atoms with E-state index in [4.69, 9.17) is 0 Å². The molecule has 0 aliphatic heterocycles. The van der Waals surface area contributed by atoms with E-state index in [0.29, 0.717) is 5.69 Å². The molecule has 1 aromatic carbocycles. The Morgan fingerprint density at radius 3 is 2.48 bits per heavy atom. The van der Waals surface area contributed by atoms with Gasteiger partial charge in [-0.25, -0.2) is 4.98 Å². The van der Waals surface area contributed by atoms with E-state index in [2.05, 4.69) is 41.7 Å². The lowest BCUT2D eigenvalue weighted by molar-refractivity contribution is 0.111. The Morgan fingerprint density at radius 1 is 1.24 bits per heavy atom. The molecule has 0 bridgehead atoms. The number of aromatic nitrogens is 2. The van der Waals surface area contributed by atoms with Gasteiger partial charge in [0.1, 0.15) is 5.69 Å². The van der Waals surface area contributed by atoms with Gasteiger partial charge in [-0.2, -0.15) is 0 Å². The fourth-order valence-corrected chi connectivity index (χ4v) is 3.53. The van der Waals surface area contributed by atoms with Crippen LogP contribution >= 0.6 is 27.3 Å². The van der Waals surface area contributed by atoms with Crippen molar-refractivity contribution >= 4 is 38.5 Å². The van der Waals surface area contributed by atoms with Crippen molar-refractivity contribution in [2.24, 2.45) is 0 Å². The summed E-state index contributed by atoms with van der Waals surface area (Å²) < 4.78 is 3.00. The summed E-state index contributed by atoms with van der Waals surface area (Å²) in [4.78, 5) is 17.1. The third-order valence-corrected chi connectivity index (χ3v) is 4.72. The summed E-state index contributed by atoms with van der Waals surface area (Å²) in [6.07, 6.45) is 0.912. The van der Waals surface area contributed by atoms with Crippen LogP contribution in [0.15, 0.2) is 34.1 Å². The first-order valence-corrected chi connectivity index (χ1v) is 8.30. The maximum Gasteiger partial charge on any atom is 0.195 e. The molecular formula is C16H15BrN2OS. The standard InChI is InChI=1S/C16H15BrN2OS/c1-16(2,3)14-12(8-20)19-13(9-21-15(19)18-14)10-4-6-11(17)7-5-10/h4-9H,1-3H3. The number of carbonyl (C=O) groups is 1. The molecule has 5 heteroatoms. The van der Waals surface area contributed by atoms with Crippen molar-refractivity contribution in [2.75, 3.05) is 0 Å². The predicted molar refractivity (Wildman–Crippen MR) is 90.3 cm³/mol. The zero-order chi connectivity index (χ0) is 15.2. The van der Waals surface area contributed by atoms with Crippen molar-refractivity contribution in [3.63, 3.8) is 0 Å². The van der Waals surface area contributed by atoms with E-state index in [9.17, 15) is 4.79 Å². The number of rotatable bonds is 2. The van der Waals surface area contributed by atoms with Crippen LogP contribution in [0.5, 0.6) is 0 Å². The van der Waals surface area contributed by atoms with Crippen LogP contribution in [-0.4, -0.2) is 15.7 Å². The molecule has 0 N–H and O–H groups in total. The summed E-state index contributed by atoms with van der Waals surface area (Å²) in [5, 5.41) is 2.05. The molecule has 21 heavy (non-hydrogen) atoms. The Labute approximate surface area is 135 Å². The van der Waals surface area contributed by atoms with Crippen LogP contribution in [-0.2, 0) is 5.41 Å². The van der Waals surface area contributed by atoms with Gasteiger partial charge >= 0.3 is 0 Å². The van der Waals surface area contributed by atoms with Crippen LogP contribution in [0.4, 0.5) is 0 Å². The molecule has 0 radical (unpaired) electrons. The highest BCUT2D eigenvalue weighted by Gasteiger charge is 2.25. The Balaban J connectivity index is 2.28. The molecule has 0 aliphatic carbocycles. The minimum absolute atomic E-state index is 0.154. The average Bonchev–Trinajstić information content (AvgIpc) is 2.97. The fourth-order valence-electron chi connectivity index (χ4n) is 2.36. The zero-order valence-electron chi connectivity index (χ0n) is 12.1. The maximum atomic E-state index is 11.6. The van der Waals surface area contributed by atoms with E-state index >= 15 is 0 Å². The molecule has 2 aromatic heterocycles. The summed E-state index contributed by atoms with van der Waals surface area (Å²) in [5.74, 6) is 0. The van der Waals surface area contributed by atoms with Crippen molar-refractivity contribution in [3.05, 3.63) is 45.5 Å². The molecule has 2 heterocycles. The fraction of sp³-hybridized carbons (Fsp3) is 0.250. The summed E-state index contributed by atoms with van der Waals surface area (Å²) in [7, 11) is 0. The van der Waals surface area contributed by atoms with E-state index in [1.54, 1.807) is 11.3 Å². The lowest BCUT2D eigenvalue weighted by Crippen LogP contribution is -2.14. The van der Waals surface area contributed by atoms with Crippen molar-refractivity contribution in [3.8, 4) is 11.3 Å². The number of aldehydes is 1. The van der Waals surface area contributed by atoms with Crippen molar-refractivity contribution in [1.29, 1.82) is 0 Å². The summed E-state index contributed by atoms with van der Waals surface area (Å²) in [6.45, 7) is 6.23. The van der Waals surface area contributed by atoms with Crippen molar-refractivity contribution in [1.82, 2.24) is 9.38 Å². The largest absolute Gasteiger partial charge is 0.296 e. The number of halogens is 1. The molecule has 0 fully saturated rings. The molecule has 0 amide bonds. The second kappa shape index (κ2) is 5.07. The third-order valence-electron chi connectivity index (χ3n) is 3.36. The number of imidazole rings is 1. The first-order chi connectivity index (χ1) is 9.91. The first-order valence-electron chi connectivity index (χ1n) is 6.63. The number of carbonyl (C=O) groups excluding carboxylic acids is 1. The lowest BCUT2D eigenvalue weighted by atomic mass is 9.91. The predicted octanol–water partition coefficient (Wildman–Crippen LogP) is 4.94. The van der Waals surface area contributed by atoms with Crippen molar-refractivity contribution in [2.45, 2.75) is 26.2 Å². The SMILES string of the molecule is CC(C)(C)c1nc2scc(-c3ccc(Br)cc3)n2c1C=O. The Hall–Kier alpha value is -1.46. The number of fused-ring (bicyclic) bond motifs is 1. The van der Waals surface area contributed by atoms with Crippen LogP contribution < -0.4 is 0 Å². The third kappa shape index (κ3) is 2.45. The van der Waals surface area contributed by atoms with Gasteiger partial charge in [0.25, 0.3) is 0 Å². The molecule has 0 aliphatic rings. The van der Waals surface area contributed by atoms with Gasteiger partial charge in [0.05, 0.1) is 11.4 Å². The average molecular weight is 363 g/mol. The van der Waals surface area contributed by atoms with Gasteiger partial charge in [-0.05, 0) is 17.7 Å². The van der Waals surface area contributed by atoms with Gasteiger partial charge in [-0.3, -0.25) is 9.20 Å². The summed E-state index contributed by atoms with van der Waals surface area (Å²) >= 11 is 5.00. The van der Waals surface area contributed by atoms with Gasteiger partial charge in [0.15, 0.2) is 11.2 Å². The van der Waals surface area contributed by atoms with Crippen molar-refractivity contribution < 1.29 is 4.79 Å². The quantitative estimate of drug-likeness (QED) is 0.605. The first kappa shape index (κ1) is 14.5. The monoisotopic (exact) mass is 362 g/mol. The molecule has 0 unspecified atom stereocenters. The van der Waals surface area contributed by atoms with Gasteiger partial charge in [-0.1, -0.05) is 48.8 Å². The van der Waals surface area contributed by atoms with Crippen LogP contribution in [0.25, 0.3) is 16.2 Å². The summed E-state index contributed by atoms with van der Waals surface area (Å²) in [6, 6.07) is 8.08. The number of benzene rings is 1. The Bertz CT molecular complexity index is 809. The number of hydrogen-bond donors (Lipinski definition) is 0. The zero-order valence-corrected chi connectivity index (χ0v) is 14.5. The van der Waals surface area contributed by atoms with E-state index in [1.807, 2.05) is 34.0 Å². The number of thiazole rings is 1. The van der Waals surface area contributed by atoms with Crippen LogP contribution in [0.2, 0.25) is 0 Å². The minimum atomic E-state index is -0.154. The van der Waals surface area contributed by atoms with Gasteiger partial charge in [-0.15, -0.1) is 11.3 Å². The van der Waals surface area contributed by atoms with E-state index < -0.39 is 0 Å². The highest BCUT2D eigenvalue weighted by Crippen LogP contribution is 2.33. The molecule has 3 aromatic rings. The van der Waals surface area contributed by atoms with Gasteiger partial charge in [0, 0.05) is 15.3 Å². The lowest BCUT2D eigenvalue weighted by Gasteiger charge is -2.16. The Kier molecular flexibility index (Phi) is 3.50. The molecule has 0 saturated heterocycles. The topological polar surface area (TPSA) is 34.4 Å². The Morgan fingerprint density at radius 2 is 1.90 bits per heavy atom. The number of hydrogen-bond acceptors (Lipinski definition) is 3. The van der Waals surface area contributed by atoms with Gasteiger partial charge in [0.2, 0.25) is 0 Å². The molecule has 3 nitrogen and oxygen atoms in total. The van der Waals surface area contributed by atoms with E-state index in [0.717, 1.165) is 32.7 Å². The molecule has 108 valence electrons. The van der Waals surface area contributed by atoms with Gasteiger partial charge < -0.3 is 0 Å². The molecular weight excluding hydrogens is 348 g/mol. The van der Waals surface area contributed by atoms with Crippen LogP contribution in [0, 0.1) is 0 Å². The molecule has 0 saturated carbocycles. The second-order valence-corrected chi connectivity index (χ2v) is 7.71. The molecule has 3 rings (SSSR count). The highest BCUT2D eigenvalue weighted by atomic mass is 79.9.